The lowest BCUT2D eigenvalue weighted by atomic mass is 10.2. The number of hydrogen-bond acceptors (Lipinski definition) is 5. The number of nitrogens with zero attached hydrogens (tertiary/aromatic N) is 3. The molecule has 154 valence electrons. The van der Waals surface area contributed by atoms with Crippen molar-refractivity contribution in [3.8, 4) is 11.8 Å². The van der Waals surface area contributed by atoms with Gasteiger partial charge in [0.25, 0.3) is 0 Å². The summed E-state index contributed by atoms with van der Waals surface area (Å²) >= 11 is 0. The fraction of sp³-hybridized carbons (Fsp3) is 0.500. The maximum absolute atomic E-state index is 13.5. The second-order valence-corrected chi connectivity index (χ2v) is 6.99. The van der Waals surface area contributed by atoms with E-state index in [1.54, 1.807) is 31.2 Å². The van der Waals surface area contributed by atoms with Crippen molar-refractivity contribution >= 4 is 11.5 Å². The number of benzene rings is 1. The molecule has 0 spiro atoms. The minimum Gasteiger partial charge on any atom is -0.493 e. The molecule has 0 bridgehead atoms. The van der Waals surface area contributed by atoms with E-state index in [1.165, 1.54) is 11.9 Å². The van der Waals surface area contributed by atoms with Gasteiger partial charge in [-0.2, -0.15) is 18.2 Å². The van der Waals surface area contributed by atoms with Crippen molar-refractivity contribution in [1.29, 1.82) is 0 Å². The average Bonchev–Trinajstić information content (AvgIpc) is 2.65. The molecule has 2 aromatic rings. The van der Waals surface area contributed by atoms with Crippen molar-refractivity contribution in [2.24, 2.45) is 5.92 Å². The molecule has 0 radical (unpaired) electrons. The number of halogens is 3. The first kappa shape index (κ1) is 21.8. The van der Waals surface area contributed by atoms with E-state index in [-0.39, 0.29) is 17.9 Å². The highest BCUT2D eigenvalue weighted by molar-refractivity contribution is 5.64. The Morgan fingerprint density at radius 1 is 1.18 bits per heavy atom. The lowest BCUT2D eigenvalue weighted by Crippen LogP contribution is -2.20. The van der Waals surface area contributed by atoms with E-state index in [2.05, 4.69) is 9.97 Å². The van der Waals surface area contributed by atoms with Gasteiger partial charge in [-0.15, -0.1) is 0 Å². The third-order valence-electron chi connectivity index (χ3n) is 4.04. The van der Waals surface area contributed by atoms with Gasteiger partial charge >= 0.3 is 12.2 Å². The van der Waals surface area contributed by atoms with E-state index < -0.39 is 11.7 Å². The molecule has 0 aliphatic carbocycles. The molecule has 2 rings (SSSR count). The van der Waals surface area contributed by atoms with Gasteiger partial charge in [-0.3, -0.25) is 0 Å². The molecule has 28 heavy (non-hydrogen) atoms. The SMILES string of the molecule is CCC(C)Oc1ncc(C(F)(F)F)c(N(C)c2cccc(OCC(C)C)c2)n1. The van der Waals surface area contributed by atoms with Gasteiger partial charge in [-0.1, -0.05) is 26.8 Å². The Kier molecular flexibility index (Phi) is 7.10. The van der Waals surface area contributed by atoms with Gasteiger partial charge in [0, 0.05) is 25.0 Å². The molecular formula is C20H26F3N3O2. The van der Waals surface area contributed by atoms with E-state index in [1.807, 2.05) is 20.8 Å². The Morgan fingerprint density at radius 3 is 2.50 bits per heavy atom. The van der Waals surface area contributed by atoms with Crippen molar-refractivity contribution in [2.45, 2.75) is 46.4 Å². The Hall–Kier alpha value is -2.51. The molecule has 8 heteroatoms. The van der Waals surface area contributed by atoms with Crippen LogP contribution in [0.3, 0.4) is 0 Å². The van der Waals surface area contributed by atoms with Crippen molar-refractivity contribution in [2.75, 3.05) is 18.6 Å². The number of hydrogen-bond donors (Lipinski definition) is 0. The van der Waals surface area contributed by atoms with Gasteiger partial charge in [0.15, 0.2) is 5.82 Å². The minimum atomic E-state index is -4.59. The van der Waals surface area contributed by atoms with E-state index >= 15 is 0 Å². The zero-order chi connectivity index (χ0) is 20.9. The molecule has 1 aromatic heterocycles. The second kappa shape index (κ2) is 9.12. The van der Waals surface area contributed by atoms with E-state index in [0.717, 1.165) is 6.20 Å². The zero-order valence-electron chi connectivity index (χ0n) is 16.7. The molecule has 0 aliphatic heterocycles. The lowest BCUT2D eigenvalue weighted by Gasteiger charge is -2.23. The third kappa shape index (κ3) is 5.74. The molecule has 0 saturated heterocycles. The largest absolute Gasteiger partial charge is 0.493 e. The zero-order valence-corrected chi connectivity index (χ0v) is 16.7. The van der Waals surface area contributed by atoms with Gasteiger partial charge < -0.3 is 14.4 Å². The predicted octanol–water partition coefficient (Wildman–Crippen LogP) is 5.48. The van der Waals surface area contributed by atoms with Crippen LogP contribution in [0.15, 0.2) is 30.5 Å². The van der Waals surface area contributed by atoms with Crippen LogP contribution in [0.1, 0.15) is 39.7 Å². The van der Waals surface area contributed by atoms with Crippen molar-refractivity contribution in [1.82, 2.24) is 9.97 Å². The first-order valence-corrected chi connectivity index (χ1v) is 9.19. The maximum atomic E-state index is 13.5. The Morgan fingerprint density at radius 2 is 1.89 bits per heavy atom. The summed E-state index contributed by atoms with van der Waals surface area (Å²) in [6, 6.07) is 6.78. The predicted molar refractivity (Wildman–Crippen MR) is 102 cm³/mol. The molecule has 0 aliphatic rings. The summed E-state index contributed by atoms with van der Waals surface area (Å²) in [5.41, 5.74) is -0.417. The standard InChI is InChI=1S/C20H26F3N3O2/c1-6-14(4)28-19-24-11-17(20(21,22)23)18(25-19)26(5)15-8-7-9-16(10-15)27-12-13(2)3/h7-11,13-14H,6,12H2,1-5H3. The molecule has 1 aromatic carbocycles. The lowest BCUT2D eigenvalue weighted by molar-refractivity contribution is -0.137. The first-order chi connectivity index (χ1) is 13.1. The molecule has 5 nitrogen and oxygen atoms in total. The summed E-state index contributed by atoms with van der Waals surface area (Å²) in [6.45, 7) is 8.27. The Labute approximate surface area is 163 Å². The van der Waals surface area contributed by atoms with Crippen molar-refractivity contribution in [3.05, 3.63) is 36.0 Å². The average molecular weight is 397 g/mol. The summed E-state index contributed by atoms with van der Waals surface area (Å²) in [4.78, 5) is 9.13. The molecule has 1 atom stereocenters. The number of aromatic nitrogens is 2. The van der Waals surface area contributed by atoms with E-state index in [4.69, 9.17) is 9.47 Å². The first-order valence-electron chi connectivity index (χ1n) is 9.19. The summed E-state index contributed by atoms with van der Waals surface area (Å²) < 4.78 is 51.7. The van der Waals surface area contributed by atoms with Crippen LogP contribution in [-0.4, -0.2) is 29.7 Å². The highest BCUT2D eigenvalue weighted by Crippen LogP contribution is 2.38. The molecule has 0 fully saturated rings. The number of ether oxygens (including phenoxy) is 2. The van der Waals surface area contributed by atoms with E-state index in [0.29, 0.717) is 30.4 Å². The summed E-state index contributed by atoms with van der Waals surface area (Å²) in [5.74, 6) is 0.638. The Bertz CT molecular complexity index is 782. The van der Waals surface area contributed by atoms with Gasteiger partial charge in [-0.25, -0.2) is 4.98 Å². The highest BCUT2D eigenvalue weighted by atomic mass is 19.4. The van der Waals surface area contributed by atoms with Crippen molar-refractivity contribution < 1.29 is 22.6 Å². The molecule has 0 amide bonds. The summed E-state index contributed by atoms with van der Waals surface area (Å²) in [7, 11) is 1.52. The summed E-state index contributed by atoms with van der Waals surface area (Å²) in [6.07, 6.45) is -3.35. The van der Waals surface area contributed by atoms with Gasteiger partial charge in [0.05, 0.1) is 12.7 Å². The number of anilines is 2. The van der Waals surface area contributed by atoms with Gasteiger partial charge in [0.1, 0.15) is 11.3 Å². The van der Waals surface area contributed by atoms with Crippen LogP contribution in [-0.2, 0) is 6.18 Å². The fourth-order valence-electron chi connectivity index (χ4n) is 2.30. The van der Waals surface area contributed by atoms with Crippen molar-refractivity contribution in [3.63, 3.8) is 0 Å². The monoisotopic (exact) mass is 397 g/mol. The van der Waals surface area contributed by atoms with Crippen LogP contribution < -0.4 is 14.4 Å². The van der Waals surface area contributed by atoms with Crippen LogP contribution in [0.2, 0.25) is 0 Å². The third-order valence-corrected chi connectivity index (χ3v) is 4.04. The number of rotatable bonds is 8. The second-order valence-electron chi connectivity index (χ2n) is 6.99. The highest BCUT2D eigenvalue weighted by Gasteiger charge is 2.37. The normalized spacial score (nSPS) is 12.8. The maximum Gasteiger partial charge on any atom is 0.421 e. The molecule has 0 saturated carbocycles. The van der Waals surface area contributed by atoms with Crippen LogP contribution in [0, 0.1) is 5.92 Å². The van der Waals surface area contributed by atoms with Gasteiger partial charge in [-0.05, 0) is 31.4 Å². The quantitative estimate of drug-likeness (QED) is 0.591. The molecule has 1 unspecified atom stereocenters. The summed E-state index contributed by atoms with van der Waals surface area (Å²) in [5, 5.41) is 0. The minimum absolute atomic E-state index is 0.0867. The smallest absolute Gasteiger partial charge is 0.421 e. The number of alkyl halides is 3. The van der Waals surface area contributed by atoms with E-state index in [9.17, 15) is 13.2 Å². The van der Waals surface area contributed by atoms with Crippen LogP contribution in [0.4, 0.5) is 24.7 Å². The Balaban J connectivity index is 2.40. The van der Waals surface area contributed by atoms with Gasteiger partial charge in [0.2, 0.25) is 0 Å². The van der Waals surface area contributed by atoms with Crippen LogP contribution >= 0.6 is 0 Å². The molecule has 0 N–H and O–H groups in total. The molecular weight excluding hydrogens is 371 g/mol. The fourth-order valence-corrected chi connectivity index (χ4v) is 2.30. The van der Waals surface area contributed by atoms with Crippen LogP contribution in [0.25, 0.3) is 0 Å². The molecule has 1 heterocycles. The van der Waals surface area contributed by atoms with Crippen LogP contribution in [0.5, 0.6) is 11.8 Å². The topological polar surface area (TPSA) is 47.5 Å².